The predicted octanol–water partition coefficient (Wildman–Crippen LogP) is 0.658. The van der Waals surface area contributed by atoms with Crippen molar-refractivity contribution in [3.8, 4) is 17.6 Å². The van der Waals surface area contributed by atoms with E-state index in [0.717, 1.165) is 0 Å². The molecular weight excluding hydrogens is 352 g/mol. The molecule has 3 aliphatic rings. The third-order valence-electron chi connectivity index (χ3n) is 4.28. The number of imide groups is 1. The van der Waals surface area contributed by atoms with E-state index in [0.29, 0.717) is 17.1 Å². The number of nitrogens with zero attached hydrogens (tertiary/aromatic N) is 1. The molecule has 0 spiro atoms. The highest BCUT2D eigenvalue weighted by molar-refractivity contribution is 6.31. The Labute approximate surface area is 146 Å². The Morgan fingerprint density at radius 2 is 2.00 bits per heavy atom. The Morgan fingerprint density at radius 1 is 1.28 bits per heavy atom. The van der Waals surface area contributed by atoms with Crippen molar-refractivity contribution in [2.45, 2.75) is 12.1 Å². The molecule has 9 nitrogen and oxygen atoms in total. The van der Waals surface area contributed by atoms with Crippen molar-refractivity contribution in [3.05, 3.63) is 34.2 Å². The average molecular weight is 363 g/mol. The van der Waals surface area contributed by atoms with Crippen LogP contribution in [-0.4, -0.2) is 25.0 Å². The molecule has 3 aliphatic heterocycles. The Morgan fingerprint density at radius 3 is 2.72 bits per heavy atom. The summed E-state index contributed by atoms with van der Waals surface area (Å²) in [7, 11) is 0. The third kappa shape index (κ3) is 2.30. The highest BCUT2D eigenvalue weighted by atomic mass is 35.5. The first-order valence-corrected chi connectivity index (χ1v) is 7.64. The lowest BCUT2D eigenvalue weighted by molar-refractivity contribution is -0.132. The molecule has 10 heteroatoms. The first kappa shape index (κ1) is 15.4. The lowest BCUT2D eigenvalue weighted by atomic mass is 9.77. The molecule has 0 aliphatic carbocycles. The van der Waals surface area contributed by atoms with Crippen molar-refractivity contribution in [2.75, 3.05) is 6.79 Å². The zero-order valence-corrected chi connectivity index (χ0v) is 13.3. The Hall–Kier alpha value is -3.12. The zero-order valence-electron chi connectivity index (χ0n) is 12.5. The van der Waals surface area contributed by atoms with Crippen molar-refractivity contribution in [1.82, 2.24) is 10.6 Å². The van der Waals surface area contributed by atoms with E-state index in [2.05, 4.69) is 10.6 Å². The molecule has 0 unspecified atom stereocenters. The first-order valence-electron chi connectivity index (χ1n) is 7.26. The van der Waals surface area contributed by atoms with Crippen molar-refractivity contribution < 1.29 is 23.8 Å². The summed E-state index contributed by atoms with van der Waals surface area (Å²) in [5, 5.41) is 14.4. The van der Waals surface area contributed by atoms with Gasteiger partial charge in [0.05, 0.1) is 5.57 Å². The molecule has 128 valence electrons. The molecule has 4 N–H and O–H groups in total. The van der Waals surface area contributed by atoms with E-state index in [4.69, 9.17) is 31.5 Å². The van der Waals surface area contributed by atoms with Gasteiger partial charge in [-0.25, -0.2) is 4.79 Å². The van der Waals surface area contributed by atoms with Crippen LogP contribution in [0.5, 0.6) is 11.5 Å². The van der Waals surface area contributed by atoms with Crippen LogP contribution in [0.25, 0.3) is 0 Å². The lowest BCUT2D eigenvalue weighted by Gasteiger charge is -2.40. The quantitative estimate of drug-likeness (QED) is 0.667. The number of nitrogens with two attached hydrogens (primary N) is 1. The van der Waals surface area contributed by atoms with Gasteiger partial charge in [0, 0.05) is 17.0 Å². The van der Waals surface area contributed by atoms with E-state index >= 15 is 0 Å². The van der Waals surface area contributed by atoms with E-state index in [1.807, 2.05) is 6.07 Å². The molecule has 1 fully saturated rings. The molecular formula is C15H11ClN4O5. The molecule has 0 aromatic heterocycles. The normalized spacial score (nSPS) is 27.0. The van der Waals surface area contributed by atoms with Gasteiger partial charge in [-0.3, -0.25) is 10.1 Å². The van der Waals surface area contributed by atoms with Crippen LogP contribution in [0.15, 0.2) is 23.6 Å². The minimum Gasteiger partial charge on any atom is -0.454 e. The summed E-state index contributed by atoms with van der Waals surface area (Å²) >= 11 is 6.35. The second kappa shape index (κ2) is 5.46. The van der Waals surface area contributed by atoms with Gasteiger partial charge in [0.25, 0.3) is 0 Å². The van der Waals surface area contributed by atoms with Crippen molar-refractivity contribution in [1.29, 1.82) is 5.26 Å². The third-order valence-corrected chi connectivity index (χ3v) is 4.60. The fourth-order valence-electron chi connectivity index (χ4n) is 3.19. The van der Waals surface area contributed by atoms with Gasteiger partial charge in [0.2, 0.25) is 18.6 Å². The molecule has 0 radical (unpaired) electrons. The topological polar surface area (TPSA) is 136 Å². The number of urea groups is 1. The van der Waals surface area contributed by atoms with Crippen molar-refractivity contribution in [2.24, 2.45) is 11.7 Å². The van der Waals surface area contributed by atoms with Gasteiger partial charge in [-0.15, -0.1) is 0 Å². The summed E-state index contributed by atoms with van der Waals surface area (Å²) < 4.78 is 16.0. The summed E-state index contributed by atoms with van der Waals surface area (Å²) in [4.78, 5) is 24.0. The van der Waals surface area contributed by atoms with Gasteiger partial charge < -0.3 is 25.3 Å². The second-order valence-corrected chi connectivity index (χ2v) is 6.03. The molecule has 25 heavy (non-hydrogen) atoms. The maximum absolute atomic E-state index is 12.4. The summed E-state index contributed by atoms with van der Waals surface area (Å²) in [6, 6.07) is 4.42. The molecule has 3 heterocycles. The van der Waals surface area contributed by atoms with E-state index in [1.165, 1.54) is 0 Å². The number of nitrogens with one attached hydrogen (secondary N) is 2. The molecule has 0 saturated carbocycles. The summed E-state index contributed by atoms with van der Waals surface area (Å²) in [6.07, 6.45) is -1.01. The van der Waals surface area contributed by atoms with Crippen molar-refractivity contribution >= 4 is 23.5 Å². The Kier molecular flexibility index (Phi) is 3.36. The van der Waals surface area contributed by atoms with Gasteiger partial charge in [0.15, 0.2) is 17.7 Å². The number of nitriles is 1. The highest BCUT2D eigenvalue weighted by Gasteiger charge is 2.49. The SMILES string of the molecule is N#CC1=C(N)O[C@@H]2NC(=O)NC(=O)[C@@H]2[C@@H]1c1cc2c(cc1Cl)OCO2. The molecule has 0 bridgehead atoms. The molecule has 4 rings (SSSR count). The van der Waals surface area contributed by atoms with E-state index in [1.54, 1.807) is 12.1 Å². The molecule has 3 atom stereocenters. The fourth-order valence-corrected chi connectivity index (χ4v) is 3.47. The van der Waals surface area contributed by atoms with Crippen molar-refractivity contribution in [3.63, 3.8) is 0 Å². The Balaban J connectivity index is 1.88. The number of hydrogen-bond donors (Lipinski definition) is 3. The Bertz CT molecular complexity index is 877. The average Bonchev–Trinajstić information content (AvgIpc) is 2.99. The number of fused-ring (bicyclic) bond motifs is 2. The molecule has 1 saturated heterocycles. The van der Waals surface area contributed by atoms with Crippen LogP contribution in [0, 0.1) is 17.2 Å². The van der Waals surface area contributed by atoms with Gasteiger partial charge in [-0.1, -0.05) is 11.6 Å². The van der Waals surface area contributed by atoms with Gasteiger partial charge in [-0.2, -0.15) is 5.26 Å². The fraction of sp³-hybridized carbons (Fsp3) is 0.267. The number of benzene rings is 1. The maximum Gasteiger partial charge on any atom is 0.324 e. The molecule has 3 amide bonds. The number of amides is 3. The number of hydrogen-bond acceptors (Lipinski definition) is 7. The standard InChI is InChI=1S/C15H11ClN4O5/c16-7-2-9-8(23-4-24-9)1-5(7)10-6(3-17)12(18)25-14-11(10)13(21)19-15(22)20-14/h1-2,10-11,14H,4,18H2,(H2,19,20,21,22)/t10-,11+,14+/m1/s1. The van der Waals surface area contributed by atoms with Crippen LogP contribution in [0.3, 0.4) is 0 Å². The van der Waals surface area contributed by atoms with Crippen LogP contribution in [-0.2, 0) is 9.53 Å². The van der Waals surface area contributed by atoms with Crippen LogP contribution in [0.2, 0.25) is 5.02 Å². The highest BCUT2D eigenvalue weighted by Crippen LogP contribution is 2.46. The van der Waals surface area contributed by atoms with E-state index < -0.39 is 30.0 Å². The number of carbonyl (C=O) groups excluding carboxylic acids is 2. The van der Waals surface area contributed by atoms with Crippen LogP contribution >= 0.6 is 11.6 Å². The van der Waals surface area contributed by atoms with Gasteiger partial charge >= 0.3 is 6.03 Å². The lowest BCUT2D eigenvalue weighted by Crippen LogP contribution is -2.62. The molecule has 1 aromatic carbocycles. The largest absolute Gasteiger partial charge is 0.454 e. The van der Waals surface area contributed by atoms with E-state index in [9.17, 15) is 14.9 Å². The number of ether oxygens (including phenoxy) is 3. The first-order chi connectivity index (χ1) is 12.0. The second-order valence-electron chi connectivity index (χ2n) is 5.62. The minimum atomic E-state index is -1.01. The van der Waals surface area contributed by atoms with Crippen LogP contribution in [0.4, 0.5) is 4.79 Å². The molecule has 1 aromatic rings. The number of halogens is 1. The summed E-state index contributed by atoms with van der Waals surface area (Å²) in [6.45, 7) is 0.0502. The van der Waals surface area contributed by atoms with Crippen LogP contribution < -0.4 is 25.8 Å². The number of allylic oxidation sites excluding steroid dienone is 1. The van der Waals surface area contributed by atoms with Gasteiger partial charge in [-0.05, 0) is 11.6 Å². The zero-order chi connectivity index (χ0) is 17.7. The number of carbonyl (C=O) groups is 2. The van der Waals surface area contributed by atoms with Gasteiger partial charge in [0.1, 0.15) is 12.0 Å². The van der Waals surface area contributed by atoms with Crippen LogP contribution in [0.1, 0.15) is 11.5 Å². The number of rotatable bonds is 1. The summed E-state index contributed by atoms with van der Waals surface area (Å²) in [5.41, 5.74) is 6.33. The predicted molar refractivity (Wildman–Crippen MR) is 82.2 cm³/mol. The van der Waals surface area contributed by atoms with E-state index in [-0.39, 0.29) is 23.3 Å². The smallest absolute Gasteiger partial charge is 0.324 e. The maximum atomic E-state index is 12.4. The minimum absolute atomic E-state index is 0.0494. The summed E-state index contributed by atoms with van der Waals surface area (Å²) in [5.74, 6) is -1.58. The monoisotopic (exact) mass is 362 g/mol.